The van der Waals surface area contributed by atoms with Gasteiger partial charge in [0.2, 0.25) is 0 Å². The summed E-state index contributed by atoms with van der Waals surface area (Å²) in [4.78, 5) is 20.8. The van der Waals surface area contributed by atoms with Gasteiger partial charge in [0, 0.05) is 23.6 Å². The monoisotopic (exact) mass is 356 g/mol. The Morgan fingerprint density at radius 1 is 1.15 bits per heavy atom. The van der Waals surface area contributed by atoms with Gasteiger partial charge < -0.3 is 5.11 Å². The van der Waals surface area contributed by atoms with Crippen LogP contribution in [0.4, 0.5) is 0 Å². The van der Waals surface area contributed by atoms with Crippen LogP contribution in [0.3, 0.4) is 0 Å². The summed E-state index contributed by atoms with van der Waals surface area (Å²) in [6.07, 6.45) is 5.82. The van der Waals surface area contributed by atoms with Crippen LogP contribution in [-0.4, -0.2) is 22.8 Å². The molecule has 134 valence electrons. The molecule has 3 aromatic rings. The summed E-state index contributed by atoms with van der Waals surface area (Å²) in [7, 11) is 0. The Morgan fingerprint density at radius 3 is 2.52 bits per heavy atom. The minimum absolute atomic E-state index is 0.291. The fourth-order valence-corrected chi connectivity index (χ4v) is 3.11. The van der Waals surface area contributed by atoms with Crippen LogP contribution in [0, 0.1) is 0 Å². The number of aromatic carboxylic acids is 1. The summed E-state index contributed by atoms with van der Waals surface area (Å²) in [5, 5.41) is 10.6. The summed E-state index contributed by atoms with van der Waals surface area (Å²) in [6, 6.07) is 17.0. The smallest absolute Gasteiger partial charge is 0.336 e. The third-order valence-corrected chi connectivity index (χ3v) is 4.40. The normalized spacial score (nSPS) is 11.8. The predicted molar refractivity (Wildman–Crippen MR) is 110 cm³/mol. The first-order valence-corrected chi connectivity index (χ1v) is 8.63. The van der Waals surface area contributed by atoms with E-state index in [1.165, 1.54) is 0 Å². The number of carbonyl (C=O) groups is 1. The van der Waals surface area contributed by atoms with Crippen molar-refractivity contribution >= 4 is 23.6 Å². The van der Waals surface area contributed by atoms with Crippen molar-refractivity contribution in [3.05, 3.63) is 89.6 Å². The minimum Gasteiger partial charge on any atom is -0.478 e. The van der Waals surface area contributed by atoms with E-state index in [1.54, 1.807) is 12.3 Å². The maximum absolute atomic E-state index is 12.2. The molecule has 0 unspecified atom stereocenters. The lowest BCUT2D eigenvalue weighted by Crippen LogP contribution is -2.08. The van der Waals surface area contributed by atoms with Crippen molar-refractivity contribution in [1.29, 1.82) is 0 Å². The van der Waals surface area contributed by atoms with E-state index in [9.17, 15) is 9.90 Å². The van der Waals surface area contributed by atoms with Gasteiger partial charge in [0.25, 0.3) is 0 Å². The van der Waals surface area contributed by atoms with Crippen LogP contribution in [0.1, 0.15) is 22.8 Å². The Morgan fingerprint density at radius 2 is 1.85 bits per heavy atom. The van der Waals surface area contributed by atoms with Gasteiger partial charge in [-0.2, -0.15) is 0 Å². The van der Waals surface area contributed by atoms with Gasteiger partial charge in [0.15, 0.2) is 0 Å². The summed E-state index contributed by atoms with van der Waals surface area (Å²) in [5.41, 5.74) is 4.17. The molecule has 1 N–H and O–H groups in total. The van der Waals surface area contributed by atoms with Crippen LogP contribution in [-0.2, 0) is 6.42 Å². The first-order chi connectivity index (χ1) is 13.2. The van der Waals surface area contributed by atoms with Gasteiger partial charge in [0.05, 0.1) is 16.8 Å². The largest absolute Gasteiger partial charge is 0.478 e. The molecule has 1 aromatic heterocycles. The maximum atomic E-state index is 12.2. The zero-order valence-electron chi connectivity index (χ0n) is 15.1. The van der Waals surface area contributed by atoms with E-state index < -0.39 is 5.97 Å². The molecule has 0 saturated heterocycles. The molecule has 2 aromatic carbocycles. The van der Waals surface area contributed by atoms with E-state index in [1.807, 2.05) is 67.6 Å². The van der Waals surface area contributed by atoms with Gasteiger partial charge in [0.1, 0.15) is 0 Å². The molecule has 0 saturated carbocycles. The van der Waals surface area contributed by atoms with Gasteiger partial charge in [-0.15, -0.1) is 0 Å². The molecule has 0 spiro atoms. The average Bonchev–Trinajstić information content (AvgIpc) is 2.70. The number of para-hydroxylation sites is 1. The lowest BCUT2D eigenvalue weighted by molar-refractivity contribution is 0.0698. The van der Waals surface area contributed by atoms with Crippen LogP contribution in [0.25, 0.3) is 22.2 Å². The molecular weight excluding hydrogens is 336 g/mol. The Labute approximate surface area is 158 Å². The third kappa shape index (κ3) is 3.85. The predicted octanol–water partition coefficient (Wildman–Crippen LogP) is 5.30. The maximum Gasteiger partial charge on any atom is 0.336 e. The van der Waals surface area contributed by atoms with E-state index in [0.717, 1.165) is 11.1 Å². The zero-order valence-corrected chi connectivity index (χ0v) is 15.1. The highest BCUT2D eigenvalue weighted by atomic mass is 16.4. The fraction of sp³-hybridized carbons (Fsp3) is 0.0870. The molecule has 0 radical (unpaired) electrons. The molecule has 0 aliphatic carbocycles. The number of allylic oxidation sites excluding steroid dienone is 3. The van der Waals surface area contributed by atoms with Gasteiger partial charge >= 0.3 is 5.97 Å². The molecule has 4 heteroatoms. The molecule has 27 heavy (non-hydrogen) atoms. The number of hydrogen-bond donors (Lipinski definition) is 1. The van der Waals surface area contributed by atoms with Crippen molar-refractivity contribution in [2.45, 2.75) is 13.3 Å². The number of hydrogen-bond acceptors (Lipinski definition) is 3. The summed E-state index contributed by atoms with van der Waals surface area (Å²) in [5.74, 6) is -0.956. The first-order valence-electron chi connectivity index (χ1n) is 8.63. The number of aromatic nitrogens is 1. The van der Waals surface area contributed by atoms with Crippen LogP contribution < -0.4 is 0 Å². The van der Waals surface area contributed by atoms with Crippen molar-refractivity contribution in [3.63, 3.8) is 0 Å². The topological polar surface area (TPSA) is 62.5 Å². The number of carboxylic acids is 1. The molecule has 0 amide bonds. The quantitative estimate of drug-likeness (QED) is 0.481. The van der Waals surface area contributed by atoms with Gasteiger partial charge in [-0.1, -0.05) is 54.6 Å². The summed E-state index contributed by atoms with van der Waals surface area (Å²) in [6.45, 7) is 5.37. The van der Waals surface area contributed by atoms with Crippen molar-refractivity contribution < 1.29 is 9.90 Å². The average molecular weight is 356 g/mol. The molecule has 4 nitrogen and oxygen atoms in total. The molecule has 0 atom stereocenters. The number of nitrogens with zero attached hydrogens (tertiary/aromatic N) is 2. The van der Waals surface area contributed by atoms with E-state index in [-0.39, 0.29) is 0 Å². The van der Waals surface area contributed by atoms with E-state index in [4.69, 9.17) is 4.98 Å². The molecule has 0 aliphatic rings. The molecule has 0 bridgehead atoms. The number of carboxylic acid groups (broad SMARTS) is 1. The SMILES string of the molecule is C=N/C=C\C(=C/C)Cc1c(-c2ccccc2)nc2ccccc2c1C(=O)O. The van der Waals surface area contributed by atoms with Crippen LogP contribution in [0.15, 0.2) is 83.5 Å². The molecule has 1 heterocycles. The highest BCUT2D eigenvalue weighted by molar-refractivity contribution is 6.05. The number of rotatable bonds is 6. The number of fused-ring (bicyclic) bond motifs is 1. The first kappa shape index (κ1) is 18.3. The second kappa shape index (κ2) is 8.23. The van der Waals surface area contributed by atoms with Crippen LogP contribution in [0.5, 0.6) is 0 Å². The molecule has 0 fully saturated rings. The highest BCUT2D eigenvalue weighted by Crippen LogP contribution is 2.32. The molecule has 3 rings (SSSR count). The summed E-state index contributed by atoms with van der Waals surface area (Å²) >= 11 is 0. The highest BCUT2D eigenvalue weighted by Gasteiger charge is 2.21. The van der Waals surface area contributed by atoms with Crippen LogP contribution >= 0.6 is 0 Å². The fourth-order valence-electron chi connectivity index (χ4n) is 3.11. The van der Waals surface area contributed by atoms with Crippen molar-refractivity contribution in [3.8, 4) is 11.3 Å². The molecule has 0 aliphatic heterocycles. The minimum atomic E-state index is -0.956. The van der Waals surface area contributed by atoms with Crippen molar-refractivity contribution in [2.75, 3.05) is 0 Å². The Kier molecular flexibility index (Phi) is 5.57. The van der Waals surface area contributed by atoms with Gasteiger partial charge in [-0.05, 0) is 36.9 Å². The van der Waals surface area contributed by atoms with Gasteiger partial charge in [-0.25, -0.2) is 9.78 Å². The number of aliphatic imine (C=N–C) groups is 1. The van der Waals surface area contributed by atoms with Crippen molar-refractivity contribution in [1.82, 2.24) is 4.98 Å². The van der Waals surface area contributed by atoms with Crippen LogP contribution in [0.2, 0.25) is 0 Å². The summed E-state index contributed by atoms with van der Waals surface area (Å²) < 4.78 is 0. The zero-order chi connectivity index (χ0) is 19.2. The van der Waals surface area contributed by atoms with E-state index >= 15 is 0 Å². The standard InChI is InChI=1S/C23H20N2O2/c1-3-16(13-14-24-2)15-19-21(23(26)27)18-11-7-8-12-20(18)25-22(19)17-9-5-4-6-10-17/h3-14H,2,15H2,1H3,(H,26,27)/b14-13-,16-3+. The Hall–Kier alpha value is -3.53. The third-order valence-electron chi connectivity index (χ3n) is 4.40. The lowest BCUT2D eigenvalue weighted by atomic mass is 9.92. The second-order valence-electron chi connectivity index (χ2n) is 6.04. The van der Waals surface area contributed by atoms with Gasteiger partial charge in [-0.3, -0.25) is 4.99 Å². The Bertz CT molecular complexity index is 1050. The lowest BCUT2D eigenvalue weighted by Gasteiger charge is -2.16. The van der Waals surface area contributed by atoms with E-state index in [2.05, 4.69) is 11.7 Å². The molecular formula is C23H20N2O2. The number of pyridine rings is 1. The Balaban J connectivity index is 2.33. The van der Waals surface area contributed by atoms with Crippen molar-refractivity contribution in [2.24, 2.45) is 4.99 Å². The second-order valence-corrected chi connectivity index (χ2v) is 6.04. The number of benzene rings is 2. The van der Waals surface area contributed by atoms with E-state index in [0.29, 0.717) is 34.1 Å².